The summed E-state index contributed by atoms with van der Waals surface area (Å²) in [6, 6.07) is 17.0. The monoisotopic (exact) mass is 568 g/mol. The van der Waals surface area contributed by atoms with Crippen molar-refractivity contribution < 1.29 is 0 Å². The molecule has 4 bridgehead atoms. The molecular formula is C39H44N4. The van der Waals surface area contributed by atoms with E-state index >= 15 is 0 Å². The highest BCUT2D eigenvalue weighted by molar-refractivity contribution is 5.59. The Bertz CT molecular complexity index is 1520. The minimum absolute atomic E-state index is 0.378. The SMILES string of the molecule is CC1(C)C2C[C@@H]1[C@H](CCCCCC1c3cc(-c4ccccn4)ncc3[C@@H]3C[C@H]1C3(C)C)c1cc(-c3ccccn3)ncc12. The van der Waals surface area contributed by atoms with Gasteiger partial charge in [0.2, 0.25) is 0 Å². The molecule has 0 aromatic carbocycles. The summed E-state index contributed by atoms with van der Waals surface area (Å²) in [6.07, 6.45) is 17.3. The molecule has 6 aliphatic rings. The third-order valence-corrected chi connectivity index (χ3v) is 12.5. The summed E-state index contributed by atoms with van der Waals surface area (Å²) in [4.78, 5) is 19.0. The highest BCUT2D eigenvalue weighted by Crippen LogP contribution is 2.68. The van der Waals surface area contributed by atoms with Gasteiger partial charge in [0.05, 0.1) is 22.8 Å². The maximum Gasteiger partial charge on any atom is 0.0889 e. The van der Waals surface area contributed by atoms with E-state index in [9.17, 15) is 0 Å². The van der Waals surface area contributed by atoms with Crippen molar-refractivity contribution in [1.82, 2.24) is 19.9 Å². The van der Waals surface area contributed by atoms with Crippen molar-refractivity contribution in [2.24, 2.45) is 22.7 Å². The number of nitrogens with zero attached hydrogens (tertiary/aromatic N) is 4. The van der Waals surface area contributed by atoms with E-state index in [0.29, 0.717) is 34.5 Å². The largest absolute Gasteiger partial charge is 0.255 e. The van der Waals surface area contributed by atoms with Crippen LogP contribution in [0.1, 0.15) is 119 Å². The predicted octanol–water partition coefficient (Wildman–Crippen LogP) is 9.71. The summed E-state index contributed by atoms with van der Waals surface area (Å²) in [5.41, 5.74) is 10.9. The molecule has 4 heteroatoms. The fourth-order valence-corrected chi connectivity index (χ4v) is 9.89. The Morgan fingerprint density at radius 2 is 1.02 bits per heavy atom. The Hall–Kier alpha value is -3.40. The van der Waals surface area contributed by atoms with Crippen LogP contribution < -0.4 is 0 Å². The second-order valence-electron chi connectivity index (χ2n) is 15.1. The quantitative estimate of drug-likeness (QED) is 0.199. The minimum atomic E-state index is 0.378. The van der Waals surface area contributed by atoms with Crippen molar-refractivity contribution in [3.8, 4) is 22.8 Å². The predicted molar refractivity (Wildman–Crippen MR) is 173 cm³/mol. The van der Waals surface area contributed by atoms with Crippen molar-refractivity contribution in [1.29, 1.82) is 0 Å². The normalized spacial score (nSPS) is 28.7. The van der Waals surface area contributed by atoms with Gasteiger partial charge in [0.1, 0.15) is 0 Å². The van der Waals surface area contributed by atoms with E-state index in [-0.39, 0.29) is 0 Å². The van der Waals surface area contributed by atoms with Crippen LogP contribution in [-0.2, 0) is 0 Å². The maximum absolute atomic E-state index is 4.89. The summed E-state index contributed by atoms with van der Waals surface area (Å²) in [6.45, 7) is 9.99. The average Bonchev–Trinajstić information content (AvgIpc) is 3.04. The zero-order valence-corrected chi connectivity index (χ0v) is 26.1. The van der Waals surface area contributed by atoms with Gasteiger partial charge in [-0.15, -0.1) is 0 Å². The highest BCUT2D eigenvalue weighted by atomic mass is 14.8. The summed E-state index contributed by atoms with van der Waals surface area (Å²) in [5, 5.41) is 0. The Morgan fingerprint density at radius 3 is 1.42 bits per heavy atom. The molecule has 0 radical (unpaired) electrons. The topological polar surface area (TPSA) is 51.6 Å². The summed E-state index contributed by atoms with van der Waals surface area (Å²) < 4.78 is 0. The van der Waals surface area contributed by atoms with Gasteiger partial charge in [-0.25, -0.2) is 0 Å². The molecule has 4 heterocycles. The van der Waals surface area contributed by atoms with E-state index in [0.717, 1.165) is 34.6 Å². The van der Waals surface area contributed by atoms with Gasteiger partial charge in [0.25, 0.3) is 0 Å². The first-order chi connectivity index (χ1) is 20.8. The fourth-order valence-electron chi connectivity index (χ4n) is 9.89. The Labute approximate surface area is 256 Å². The van der Waals surface area contributed by atoms with Gasteiger partial charge in [-0.2, -0.15) is 0 Å². The van der Waals surface area contributed by atoms with Crippen LogP contribution in [0.25, 0.3) is 22.8 Å². The lowest BCUT2D eigenvalue weighted by Gasteiger charge is -2.61. The van der Waals surface area contributed by atoms with Crippen LogP contribution in [0.5, 0.6) is 0 Å². The number of rotatable bonds is 8. The maximum atomic E-state index is 4.89. The van der Waals surface area contributed by atoms with Crippen LogP contribution in [0.4, 0.5) is 0 Å². The fraction of sp³-hybridized carbons (Fsp3) is 0.487. The molecule has 43 heavy (non-hydrogen) atoms. The molecule has 2 saturated carbocycles. The number of unbranched alkanes of at least 4 members (excludes halogenated alkanes) is 2. The first-order valence-corrected chi connectivity index (χ1v) is 16.7. The van der Waals surface area contributed by atoms with Gasteiger partial charge in [0, 0.05) is 24.8 Å². The number of aromatic nitrogens is 4. The van der Waals surface area contributed by atoms with Gasteiger partial charge in [0.15, 0.2) is 0 Å². The van der Waals surface area contributed by atoms with E-state index in [2.05, 4.69) is 86.5 Å². The summed E-state index contributed by atoms with van der Waals surface area (Å²) >= 11 is 0. The molecule has 0 amide bonds. The van der Waals surface area contributed by atoms with Crippen LogP contribution >= 0.6 is 0 Å². The Balaban J connectivity index is 0.978. The molecule has 2 unspecified atom stereocenters. The molecule has 10 rings (SSSR count). The summed E-state index contributed by atoms with van der Waals surface area (Å²) in [7, 11) is 0. The summed E-state index contributed by atoms with van der Waals surface area (Å²) in [5.74, 6) is 4.13. The molecule has 4 aromatic heterocycles. The van der Waals surface area contributed by atoms with Crippen LogP contribution in [-0.4, -0.2) is 19.9 Å². The number of hydrogen-bond acceptors (Lipinski definition) is 4. The van der Waals surface area contributed by atoms with Crippen molar-refractivity contribution in [3.63, 3.8) is 0 Å². The smallest absolute Gasteiger partial charge is 0.0889 e. The number of pyridine rings is 4. The van der Waals surface area contributed by atoms with Gasteiger partial charge >= 0.3 is 0 Å². The molecule has 220 valence electrons. The molecular weight excluding hydrogens is 524 g/mol. The molecule has 0 spiro atoms. The number of hydrogen-bond donors (Lipinski definition) is 0. The minimum Gasteiger partial charge on any atom is -0.255 e. The molecule has 6 aliphatic carbocycles. The van der Waals surface area contributed by atoms with E-state index < -0.39 is 0 Å². The first kappa shape index (κ1) is 27.2. The van der Waals surface area contributed by atoms with Crippen LogP contribution in [0, 0.1) is 22.7 Å². The van der Waals surface area contributed by atoms with Crippen LogP contribution in [0.15, 0.2) is 73.3 Å². The first-order valence-electron chi connectivity index (χ1n) is 16.7. The van der Waals surface area contributed by atoms with Crippen LogP contribution in [0.3, 0.4) is 0 Å². The van der Waals surface area contributed by atoms with E-state index in [1.54, 1.807) is 11.1 Å². The van der Waals surface area contributed by atoms with Crippen LogP contribution in [0.2, 0.25) is 0 Å². The van der Waals surface area contributed by atoms with Crippen molar-refractivity contribution in [3.05, 3.63) is 95.6 Å². The third-order valence-electron chi connectivity index (χ3n) is 12.5. The second kappa shape index (κ2) is 10.1. The van der Waals surface area contributed by atoms with E-state index in [4.69, 9.17) is 9.97 Å². The average molecular weight is 569 g/mol. The van der Waals surface area contributed by atoms with Gasteiger partial charge in [-0.1, -0.05) is 59.1 Å². The Morgan fingerprint density at radius 1 is 0.558 bits per heavy atom. The standard InChI is InChI=1S/C39H44N4/c1-38(2)30-20-32(38)28-22-42-36(34-14-8-10-16-40-34)18-26(28)24(30)12-6-5-7-13-25-27-19-37(35-15-9-11-17-41-35)43-23-29(27)33-21-31(25)39(33,3)4/h8-11,14-19,22-25,30-33H,5-7,12-13,20-21H2,1-4H3/t24-,25?,30-,31-,32?,33+/m1/s1. The van der Waals surface area contributed by atoms with E-state index in [1.807, 2.05) is 24.5 Å². The molecule has 0 saturated heterocycles. The third kappa shape index (κ3) is 4.23. The van der Waals surface area contributed by atoms with Gasteiger partial charge < -0.3 is 0 Å². The second-order valence-corrected chi connectivity index (χ2v) is 15.1. The lowest BCUT2D eigenvalue weighted by Crippen LogP contribution is -2.50. The Kier molecular flexibility index (Phi) is 6.37. The molecule has 6 atom stereocenters. The highest BCUT2D eigenvalue weighted by Gasteiger charge is 2.57. The van der Waals surface area contributed by atoms with Crippen molar-refractivity contribution >= 4 is 0 Å². The molecule has 2 fully saturated rings. The lowest BCUT2D eigenvalue weighted by molar-refractivity contribution is -0.0104. The van der Waals surface area contributed by atoms with Gasteiger partial charge in [-0.3, -0.25) is 19.9 Å². The lowest BCUT2D eigenvalue weighted by atomic mass is 9.43. The molecule has 4 nitrogen and oxygen atoms in total. The van der Waals surface area contributed by atoms with Gasteiger partial charge in [-0.05, 0) is 131 Å². The van der Waals surface area contributed by atoms with E-state index in [1.165, 1.54) is 56.1 Å². The molecule has 0 aliphatic heterocycles. The van der Waals surface area contributed by atoms with Crippen molar-refractivity contribution in [2.45, 2.75) is 96.3 Å². The molecule has 0 N–H and O–H groups in total. The van der Waals surface area contributed by atoms with Crippen molar-refractivity contribution in [2.75, 3.05) is 0 Å². The molecule has 4 aromatic rings. The zero-order chi connectivity index (χ0) is 29.3. The zero-order valence-electron chi connectivity index (χ0n) is 26.1.